The molecule has 27 heavy (non-hydrogen) atoms. The molecule has 2 aromatic carbocycles. The molecule has 1 spiro atoms. The average molecular weight is 360 g/mol. The van der Waals surface area contributed by atoms with Crippen molar-refractivity contribution in [1.29, 1.82) is 0 Å². The fourth-order valence-corrected chi connectivity index (χ4v) is 4.84. The van der Waals surface area contributed by atoms with Crippen LogP contribution in [0.15, 0.2) is 54.6 Å². The highest BCUT2D eigenvalue weighted by Crippen LogP contribution is 2.49. The average Bonchev–Trinajstić information content (AvgIpc) is 3.22. The van der Waals surface area contributed by atoms with Crippen LogP contribution in [0.5, 0.6) is 0 Å². The summed E-state index contributed by atoms with van der Waals surface area (Å²) in [6, 6.07) is 14.7. The van der Waals surface area contributed by atoms with Crippen molar-refractivity contribution in [2.75, 3.05) is 4.90 Å². The summed E-state index contributed by atoms with van der Waals surface area (Å²) in [4.78, 5) is 54.0. The number of amides is 2. The third-order valence-corrected chi connectivity index (χ3v) is 5.96. The molecule has 0 unspecified atom stereocenters. The van der Waals surface area contributed by atoms with E-state index in [1.807, 2.05) is 0 Å². The van der Waals surface area contributed by atoms with E-state index in [0.717, 1.165) is 4.90 Å². The normalized spacial score (nSPS) is 28.2. The van der Waals surface area contributed by atoms with Gasteiger partial charge in [0.25, 0.3) is 0 Å². The molecule has 2 amide bonds. The lowest BCUT2D eigenvalue weighted by Gasteiger charge is -2.27. The van der Waals surface area contributed by atoms with E-state index in [2.05, 4.69) is 5.32 Å². The molecule has 1 N–H and O–H groups in total. The molecule has 5 rings (SSSR count). The molecule has 2 aliphatic heterocycles. The molecule has 2 aromatic rings. The highest BCUT2D eigenvalue weighted by molar-refractivity contribution is 6.37. The van der Waals surface area contributed by atoms with Gasteiger partial charge in [0.05, 0.1) is 17.5 Å². The van der Waals surface area contributed by atoms with E-state index in [1.54, 1.807) is 61.5 Å². The highest BCUT2D eigenvalue weighted by Gasteiger charge is 2.72. The second-order valence-electron chi connectivity index (χ2n) is 7.30. The summed E-state index contributed by atoms with van der Waals surface area (Å²) >= 11 is 0. The predicted octanol–water partition coefficient (Wildman–Crippen LogP) is 1.60. The zero-order chi connectivity index (χ0) is 18.9. The maximum atomic E-state index is 13.3. The van der Waals surface area contributed by atoms with Gasteiger partial charge in [-0.15, -0.1) is 0 Å². The van der Waals surface area contributed by atoms with Crippen LogP contribution in [-0.2, 0) is 9.59 Å². The molecule has 3 atom stereocenters. The fraction of sp³-hybridized carbons (Fsp3) is 0.238. The van der Waals surface area contributed by atoms with Crippen LogP contribution in [0.2, 0.25) is 0 Å². The molecule has 1 aliphatic carbocycles. The SMILES string of the molecule is C[C@@H]1NC2(C(=O)c3ccccc3C2=O)[C@@H]2C(=O)N(c3ccccc3)C(=O)[C@H]12. The lowest BCUT2D eigenvalue weighted by Crippen LogP contribution is -2.58. The minimum Gasteiger partial charge on any atom is -0.294 e. The van der Waals surface area contributed by atoms with Crippen molar-refractivity contribution < 1.29 is 19.2 Å². The summed E-state index contributed by atoms with van der Waals surface area (Å²) in [7, 11) is 0. The number of imide groups is 1. The molecule has 134 valence electrons. The number of nitrogens with one attached hydrogen (secondary N) is 1. The largest absolute Gasteiger partial charge is 0.294 e. The monoisotopic (exact) mass is 360 g/mol. The first-order valence-electron chi connectivity index (χ1n) is 8.87. The molecular weight excluding hydrogens is 344 g/mol. The maximum Gasteiger partial charge on any atom is 0.240 e. The summed E-state index contributed by atoms with van der Waals surface area (Å²) in [5.41, 5.74) is -0.619. The van der Waals surface area contributed by atoms with Gasteiger partial charge in [0.1, 0.15) is 0 Å². The van der Waals surface area contributed by atoms with Gasteiger partial charge in [0, 0.05) is 17.2 Å². The topological polar surface area (TPSA) is 83.6 Å². The Labute approximate surface area is 155 Å². The first-order chi connectivity index (χ1) is 13.0. The Bertz CT molecular complexity index is 994. The van der Waals surface area contributed by atoms with Crippen LogP contribution in [0.25, 0.3) is 0 Å². The van der Waals surface area contributed by atoms with Gasteiger partial charge in [0.2, 0.25) is 11.8 Å². The van der Waals surface area contributed by atoms with Gasteiger partial charge in [-0.1, -0.05) is 42.5 Å². The Morgan fingerprint density at radius 1 is 0.815 bits per heavy atom. The standard InChI is InChI=1S/C21H16N2O4/c1-11-15-16(20(27)23(19(15)26)12-7-3-2-4-8-12)21(22-11)17(24)13-9-5-6-10-14(13)18(21)25/h2-11,15-16,22H,1H3/t11-,15+,16-/m0/s1. The van der Waals surface area contributed by atoms with E-state index in [1.165, 1.54) is 0 Å². The lowest BCUT2D eigenvalue weighted by molar-refractivity contribution is -0.123. The number of ketones is 2. The predicted molar refractivity (Wildman–Crippen MR) is 96.3 cm³/mol. The molecule has 2 heterocycles. The van der Waals surface area contributed by atoms with Crippen LogP contribution in [0, 0.1) is 11.8 Å². The Balaban J connectivity index is 1.67. The number of carbonyl (C=O) groups is 4. The van der Waals surface area contributed by atoms with Gasteiger partial charge >= 0.3 is 0 Å². The highest BCUT2D eigenvalue weighted by atomic mass is 16.2. The molecule has 0 aromatic heterocycles. The van der Waals surface area contributed by atoms with E-state index < -0.39 is 40.9 Å². The number of rotatable bonds is 1. The number of fused-ring (bicyclic) bond motifs is 3. The summed E-state index contributed by atoms with van der Waals surface area (Å²) < 4.78 is 0. The summed E-state index contributed by atoms with van der Waals surface area (Å²) in [6.07, 6.45) is 0. The molecule has 2 fully saturated rings. The summed E-state index contributed by atoms with van der Waals surface area (Å²) in [5.74, 6) is -3.49. The van der Waals surface area contributed by atoms with Crippen LogP contribution in [0.4, 0.5) is 5.69 Å². The van der Waals surface area contributed by atoms with Crippen molar-refractivity contribution in [3.63, 3.8) is 0 Å². The second-order valence-corrected chi connectivity index (χ2v) is 7.30. The number of nitrogens with zero attached hydrogens (tertiary/aromatic N) is 1. The van der Waals surface area contributed by atoms with Gasteiger partial charge in [-0.25, -0.2) is 4.90 Å². The number of hydrogen-bond acceptors (Lipinski definition) is 5. The van der Waals surface area contributed by atoms with E-state index in [0.29, 0.717) is 16.8 Å². The molecule has 0 bridgehead atoms. The third kappa shape index (κ3) is 1.78. The quantitative estimate of drug-likeness (QED) is 0.617. The first kappa shape index (κ1) is 16.1. The van der Waals surface area contributed by atoms with E-state index in [-0.39, 0.29) is 5.91 Å². The van der Waals surface area contributed by atoms with Gasteiger partial charge in [0.15, 0.2) is 17.1 Å². The van der Waals surface area contributed by atoms with Crippen molar-refractivity contribution in [3.8, 4) is 0 Å². The maximum absolute atomic E-state index is 13.3. The minimum atomic E-state index is -1.69. The minimum absolute atomic E-state index is 0.307. The van der Waals surface area contributed by atoms with Crippen molar-refractivity contribution in [2.24, 2.45) is 11.8 Å². The third-order valence-electron chi connectivity index (χ3n) is 5.96. The summed E-state index contributed by atoms with van der Waals surface area (Å²) in [5, 5.41) is 3.04. The second kappa shape index (κ2) is 5.20. The Morgan fingerprint density at radius 2 is 1.37 bits per heavy atom. The van der Waals surface area contributed by atoms with Crippen molar-refractivity contribution >= 4 is 29.1 Å². The molecule has 0 saturated carbocycles. The molecule has 6 heteroatoms. The smallest absolute Gasteiger partial charge is 0.240 e. The number of carbonyl (C=O) groups excluding carboxylic acids is 4. The van der Waals surface area contributed by atoms with E-state index in [4.69, 9.17) is 0 Å². The zero-order valence-corrected chi connectivity index (χ0v) is 14.5. The number of para-hydroxylation sites is 1. The summed E-state index contributed by atoms with van der Waals surface area (Å²) in [6.45, 7) is 1.75. The molecular formula is C21H16N2O4. The van der Waals surface area contributed by atoms with Crippen LogP contribution >= 0.6 is 0 Å². The molecule has 6 nitrogen and oxygen atoms in total. The molecule has 2 saturated heterocycles. The van der Waals surface area contributed by atoms with Gasteiger partial charge in [-0.05, 0) is 19.1 Å². The number of anilines is 1. The fourth-order valence-electron chi connectivity index (χ4n) is 4.84. The van der Waals surface area contributed by atoms with Gasteiger partial charge in [-0.2, -0.15) is 0 Å². The van der Waals surface area contributed by atoms with Crippen molar-refractivity contribution in [2.45, 2.75) is 18.5 Å². The molecule has 3 aliphatic rings. The van der Waals surface area contributed by atoms with E-state index in [9.17, 15) is 19.2 Å². The van der Waals surface area contributed by atoms with Crippen LogP contribution in [-0.4, -0.2) is 35.0 Å². The van der Waals surface area contributed by atoms with E-state index >= 15 is 0 Å². The lowest BCUT2D eigenvalue weighted by atomic mass is 9.77. The van der Waals surface area contributed by atoms with Crippen molar-refractivity contribution in [3.05, 3.63) is 65.7 Å². The Morgan fingerprint density at radius 3 is 1.96 bits per heavy atom. The first-order valence-corrected chi connectivity index (χ1v) is 8.87. The van der Waals surface area contributed by atoms with Crippen molar-refractivity contribution in [1.82, 2.24) is 5.32 Å². The van der Waals surface area contributed by atoms with Crippen LogP contribution < -0.4 is 10.2 Å². The molecule has 0 radical (unpaired) electrons. The number of benzene rings is 2. The van der Waals surface area contributed by atoms with Crippen LogP contribution in [0.3, 0.4) is 0 Å². The number of hydrogen-bond donors (Lipinski definition) is 1. The zero-order valence-electron chi connectivity index (χ0n) is 14.5. The Kier molecular flexibility index (Phi) is 3.10. The number of Topliss-reactive ketones (excluding diaryl/α,β-unsaturated/α-hetero) is 2. The van der Waals surface area contributed by atoms with Gasteiger partial charge in [-0.3, -0.25) is 24.5 Å². The van der Waals surface area contributed by atoms with Gasteiger partial charge < -0.3 is 0 Å². The Hall–Kier alpha value is -3.12. The van der Waals surface area contributed by atoms with Crippen LogP contribution in [0.1, 0.15) is 27.6 Å².